The van der Waals surface area contributed by atoms with Crippen LogP contribution in [0.25, 0.3) is 0 Å². The van der Waals surface area contributed by atoms with Crippen molar-refractivity contribution >= 4 is 23.5 Å². The molecule has 3 amide bonds. The molecule has 1 atom stereocenters. The fourth-order valence-electron chi connectivity index (χ4n) is 4.47. The van der Waals surface area contributed by atoms with E-state index in [4.69, 9.17) is 9.26 Å². The predicted octanol–water partition coefficient (Wildman–Crippen LogP) is 4.10. The van der Waals surface area contributed by atoms with Gasteiger partial charge in [0, 0.05) is 38.6 Å². The molecule has 1 aromatic heterocycles. The van der Waals surface area contributed by atoms with Crippen LogP contribution in [0.4, 0.5) is 5.82 Å². The summed E-state index contributed by atoms with van der Waals surface area (Å²) >= 11 is 0. The number of anilines is 1. The molecule has 3 rings (SSSR count). The van der Waals surface area contributed by atoms with Crippen LogP contribution in [-0.2, 0) is 19.1 Å². The first-order valence-electron chi connectivity index (χ1n) is 12.7. The standard InChI is InChI=1S/C27H38N4O5/c1-18(2)20-9-11-21(12-10-20)26(27(34)28-22-7-5-6-8-22)31(15-16-35-4)25(33)14-13-24(32)29-23-17-19(3)36-30-23/h9-12,17-18,22,26H,5-8,13-16H2,1-4H3,(H,28,34)(H,29,30,32)/t26-/m0/s1. The van der Waals surface area contributed by atoms with Crippen LogP contribution < -0.4 is 10.6 Å². The lowest BCUT2D eigenvalue weighted by Crippen LogP contribution is -2.47. The lowest BCUT2D eigenvalue weighted by Gasteiger charge is -2.32. The molecule has 36 heavy (non-hydrogen) atoms. The molecule has 1 aliphatic carbocycles. The first kappa shape index (κ1) is 27.4. The zero-order valence-corrected chi connectivity index (χ0v) is 21.7. The molecular formula is C27H38N4O5. The van der Waals surface area contributed by atoms with Crippen LogP contribution >= 0.6 is 0 Å². The smallest absolute Gasteiger partial charge is 0.247 e. The lowest BCUT2D eigenvalue weighted by atomic mass is 9.97. The number of methoxy groups -OCH3 is 1. The van der Waals surface area contributed by atoms with Gasteiger partial charge in [0.15, 0.2) is 5.82 Å². The molecule has 9 nitrogen and oxygen atoms in total. The average Bonchev–Trinajstić information content (AvgIpc) is 3.51. The molecule has 1 heterocycles. The Hall–Kier alpha value is -3.20. The van der Waals surface area contributed by atoms with Crippen LogP contribution in [-0.4, -0.2) is 54.1 Å². The Morgan fingerprint density at radius 3 is 2.36 bits per heavy atom. The van der Waals surface area contributed by atoms with E-state index in [9.17, 15) is 14.4 Å². The lowest BCUT2D eigenvalue weighted by molar-refractivity contribution is -0.142. The number of benzene rings is 1. The first-order valence-corrected chi connectivity index (χ1v) is 12.7. The van der Waals surface area contributed by atoms with Gasteiger partial charge in [-0.2, -0.15) is 0 Å². The molecule has 0 aliphatic heterocycles. The van der Waals surface area contributed by atoms with Crippen molar-refractivity contribution in [3.63, 3.8) is 0 Å². The summed E-state index contributed by atoms with van der Waals surface area (Å²) in [4.78, 5) is 40.9. The van der Waals surface area contributed by atoms with Crippen molar-refractivity contribution < 1.29 is 23.6 Å². The number of nitrogens with zero attached hydrogens (tertiary/aromatic N) is 2. The van der Waals surface area contributed by atoms with Gasteiger partial charge in [0.2, 0.25) is 17.7 Å². The number of hydrogen-bond donors (Lipinski definition) is 2. The summed E-state index contributed by atoms with van der Waals surface area (Å²) in [6, 6.07) is 8.75. The summed E-state index contributed by atoms with van der Waals surface area (Å²) < 4.78 is 10.2. The minimum atomic E-state index is -0.810. The second-order valence-electron chi connectivity index (χ2n) is 9.66. The molecule has 196 valence electrons. The Labute approximate surface area is 212 Å². The number of aryl methyl sites for hydroxylation is 1. The summed E-state index contributed by atoms with van der Waals surface area (Å²) in [6.07, 6.45) is 3.97. The Bertz CT molecular complexity index is 1010. The van der Waals surface area contributed by atoms with E-state index in [0.717, 1.165) is 36.8 Å². The molecule has 0 radical (unpaired) electrons. The van der Waals surface area contributed by atoms with Crippen molar-refractivity contribution in [3.8, 4) is 0 Å². The molecule has 2 aromatic rings. The van der Waals surface area contributed by atoms with Crippen molar-refractivity contribution in [3.05, 3.63) is 47.2 Å². The minimum Gasteiger partial charge on any atom is -0.383 e. The molecule has 1 aliphatic rings. The van der Waals surface area contributed by atoms with Crippen LogP contribution in [0.2, 0.25) is 0 Å². The Morgan fingerprint density at radius 1 is 1.11 bits per heavy atom. The quantitative estimate of drug-likeness (QED) is 0.455. The van der Waals surface area contributed by atoms with Crippen molar-refractivity contribution in [2.24, 2.45) is 0 Å². The van der Waals surface area contributed by atoms with Crippen molar-refractivity contribution in [1.82, 2.24) is 15.4 Å². The van der Waals surface area contributed by atoms with Gasteiger partial charge in [0.1, 0.15) is 11.8 Å². The molecule has 0 saturated heterocycles. The first-order chi connectivity index (χ1) is 17.3. The fraction of sp³-hybridized carbons (Fsp3) is 0.556. The topological polar surface area (TPSA) is 114 Å². The van der Waals surface area contributed by atoms with Gasteiger partial charge in [-0.3, -0.25) is 14.4 Å². The highest BCUT2D eigenvalue weighted by atomic mass is 16.5. The summed E-state index contributed by atoms with van der Waals surface area (Å²) in [5.41, 5.74) is 1.89. The highest BCUT2D eigenvalue weighted by Gasteiger charge is 2.33. The number of rotatable bonds is 12. The maximum Gasteiger partial charge on any atom is 0.247 e. The molecular weight excluding hydrogens is 460 g/mol. The predicted molar refractivity (Wildman–Crippen MR) is 136 cm³/mol. The molecule has 1 saturated carbocycles. The van der Waals surface area contributed by atoms with Gasteiger partial charge in [-0.1, -0.05) is 56.1 Å². The molecule has 0 unspecified atom stereocenters. The zero-order valence-electron chi connectivity index (χ0n) is 21.7. The molecule has 1 fully saturated rings. The van der Waals surface area contributed by atoms with E-state index in [1.54, 1.807) is 20.1 Å². The highest BCUT2D eigenvalue weighted by molar-refractivity contribution is 5.94. The second kappa shape index (κ2) is 13.2. The number of nitrogens with one attached hydrogen (secondary N) is 2. The van der Waals surface area contributed by atoms with E-state index < -0.39 is 6.04 Å². The van der Waals surface area contributed by atoms with E-state index in [0.29, 0.717) is 17.5 Å². The maximum atomic E-state index is 13.6. The Morgan fingerprint density at radius 2 is 1.78 bits per heavy atom. The monoisotopic (exact) mass is 498 g/mol. The van der Waals surface area contributed by atoms with E-state index in [2.05, 4.69) is 29.6 Å². The van der Waals surface area contributed by atoms with E-state index >= 15 is 0 Å². The molecule has 9 heteroatoms. The van der Waals surface area contributed by atoms with Gasteiger partial charge in [-0.15, -0.1) is 0 Å². The number of aromatic nitrogens is 1. The third kappa shape index (κ3) is 7.65. The molecule has 0 spiro atoms. The van der Waals surface area contributed by atoms with Gasteiger partial charge in [-0.05, 0) is 36.8 Å². The van der Waals surface area contributed by atoms with E-state index in [-0.39, 0.29) is 49.8 Å². The summed E-state index contributed by atoms with van der Waals surface area (Å²) in [5, 5.41) is 9.53. The minimum absolute atomic E-state index is 0.0442. The Kier molecular flexibility index (Phi) is 10.0. The summed E-state index contributed by atoms with van der Waals surface area (Å²) in [5.74, 6) is 0.385. The van der Waals surface area contributed by atoms with Crippen LogP contribution in [0, 0.1) is 6.92 Å². The van der Waals surface area contributed by atoms with Crippen LogP contribution in [0.5, 0.6) is 0 Å². The van der Waals surface area contributed by atoms with Crippen molar-refractivity contribution in [2.75, 3.05) is 25.6 Å². The fourth-order valence-corrected chi connectivity index (χ4v) is 4.47. The van der Waals surface area contributed by atoms with Gasteiger partial charge >= 0.3 is 0 Å². The Balaban J connectivity index is 1.79. The summed E-state index contributed by atoms with van der Waals surface area (Å²) in [7, 11) is 1.56. The summed E-state index contributed by atoms with van der Waals surface area (Å²) in [6.45, 7) is 6.45. The molecule has 2 N–H and O–H groups in total. The third-order valence-electron chi connectivity index (χ3n) is 6.50. The average molecular weight is 499 g/mol. The number of carbonyl (C=O) groups is 3. The van der Waals surface area contributed by atoms with Crippen LogP contribution in [0.3, 0.4) is 0 Å². The largest absolute Gasteiger partial charge is 0.383 e. The number of ether oxygens (including phenoxy) is 1. The SMILES string of the molecule is COCCN(C(=O)CCC(=O)Nc1cc(C)on1)[C@H](C(=O)NC1CCCC1)c1ccc(C(C)C)cc1. The van der Waals surface area contributed by atoms with Gasteiger partial charge < -0.3 is 24.8 Å². The second-order valence-corrected chi connectivity index (χ2v) is 9.66. The number of carbonyl (C=O) groups excluding carboxylic acids is 3. The van der Waals surface area contributed by atoms with Gasteiger partial charge in [0.05, 0.1) is 6.61 Å². The van der Waals surface area contributed by atoms with Crippen LogP contribution in [0.1, 0.15) is 81.2 Å². The molecule has 1 aromatic carbocycles. The van der Waals surface area contributed by atoms with E-state index in [1.807, 2.05) is 24.3 Å². The van der Waals surface area contributed by atoms with Crippen molar-refractivity contribution in [1.29, 1.82) is 0 Å². The molecule has 0 bridgehead atoms. The van der Waals surface area contributed by atoms with Crippen LogP contribution in [0.15, 0.2) is 34.9 Å². The third-order valence-corrected chi connectivity index (χ3v) is 6.50. The van der Waals surface area contributed by atoms with Gasteiger partial charge in [-0.25, -0.2) is 0 Å². The zero-order chi connectivity index (χ0) is 26.1. The van der Waals surface area contributed by atoms with Crippen molar-refractivity contribution in [2.45, 2.75) is 77.3 Å². The van der Waals surface area contributed by atoms with E-state index in [1.165, 1.54) is 4.90 Å². The van der Waals surface area contributed by atoms with Gasteiger partial charge in [0.25, 0.3) is 0 Å². The highest BCUT2D eigenvalue weighted by Crippen LogP contribution is 2.27. The number of amides is 3. The number of hydrogen-bond acceptors (Lipinski definition) is 6. The maximum absolute atomic E-state index is 13.6. The normalized spacial score (nSPS) is 14.6.